The number of nitrogens with zero attached hydrogens (tertiary/aromatic N) is 3. The highest BCUT2D eigenvalue weighted by Gasteiger charge is 2.10. The number of methoxy groups -OCH3 is 2. The molecule has 0 aliphatic carbocycles. The maximum atomic E-state index is 8.67. The van der Waals surface area contributed by atoms with Crippen molar-refractivity contribution in [3.8, 4) is 17.8 Å². The predicted octanol–water partition coefficient (Wildman–Crippen LogP) is 0.365. The summed E-state index contributed by atoms with van der Waals surface area (Å²) in [5, 5.41) is 8.67. The molecule has 0 amide bonds. The predicted molar refractivity (Wildman–Crippen MR) is 39.9 cm³/mol. The first kappa shape index (κ1) is 8.27. The summed E-state index contributed by atoms with van der Waals surface area (Å²) in [6.45, 7) is 0. The van der Waals surface area contributed by atoms with Gasteiger partial charge in [-0.25, -0.2) is 9.97 Å². The van der Waals surface area contributed by atoms with Crippen LogP contribution < -0.4 is 9.47 Å². The van der Waals surface area contributed by atoms with Gasteiger partial charge in [-0.1, -0.05) is 0 Å². The molecule has 0 aliphatic rings. The van der Waals surface area contributed by atoms with E-state index in [0.717, 1.165) is 0 Å². The lowest BCUT2D eigenvalue weighted by atomic mass is 10.3. The zero-order valence-corrected chi connectivity index (χ0v) is 6.74. The van der Waals surface area contributed by atoms with Gasteiger partial charge in [0.25, 0.3) is 0 Å². The zero-order valence-electron chi connectivity index (χ0n) is 6.74. The lowest BCUT2D eigenvalue weighted by Gasteiger charge is -2.03. The maximum absolute atomic E-state index is 8.67. The standard InChI is InChI=1S/C7H7N3O2/c1-11-6-5(3-8)7(12-2)10-4-9-6/h4H,1-2H3. The molecule has 0 fully saturated rings. The molecule has 0 spiro atoms. The van der Waals surface area contributed by atoms with Crippen molar-refractivity contribution in [1.82, 2.24) is 9.97 Å². The summed E-state index contributed by atoms with van der Waals surface area (Å²) in [7, 11) is 2.87. The Morgan fingerprint density at radius 1 is 1.25 bits per heavy atom. The van der Waals surface area contributed by atoms with Crippen molar-refractivity contribution in [2.45, 2.75) is 0 Å². The zero-order chi connectivity index (χ0) is 8.97. The molecule has 5 nitrogen and oxygen atoms in total. The van der Waals surface area contributed by atoms with Gasteiger partial charge in [0.2, 0.25) is 11.8 Å². The van der Waals surface area contributed by atoms with Crippen LogP contribution in [0, 0.1) is 11.3 Å². The summed E-state index contributed by atoms with van der Waals surface area (Å²) in [5.74, 6) is 0.453. The van der Waals surface area contributed by atoms with Crippen LogP contribution in [0.1, 0.15) is 5.56 Å². The minimum Gasteiger partial charge on any atom is -0.480 e. The molecular weight excluding hydrogens is 158 g/mol. The van der Waals surface area contributed by atoms with Crippen LogP contribution >= 0.6 is 0 Å². The van der Waals surface area contributed by atoms with E-state index in [-0.39, 0.29) is 17.3 Å². The highest BCUT2D eigenvalue weighted by atomic mass is 16.5. The van der Waals surface area contributed by atoms with E-state index < -0.39 is 0 Å². The van der Waals surface area contributed by atoms with Crippen molar-refractivity contribution in [1.29, 1.82) is 5.26 Å². The van der Waals surface area contributed by atoms with Gasteiger partial charge in [0.15, 0.2) is 5.56 Å². The summed E-state index contributed by atoms with van der Waals surface area (Å²) in [5.41, 5.74) is 0.211. The Bertz CT molecular complexity index is 297. The Hall–Kier alpha value is -1.83. The first-order valence-electron chi connectivity index (χ1n) is 3.16. The van der Waals surface area contributed by atoms with Crippen LogP contribution in [0.25, 0.3) is 0 Å². The van der Waals surface area contributed by atoms with Crippen LogP contribution in [-0.4, -0.2) is 24.2 Å². The molecule has 12 heavy (non-hydrogen) atoms. The van der Waals surface area contributed by atoms with E-state index >= 15 is 0 Å². The van der Waals surface area contributed by atoms with Gasteiger partial charge in [0.05, 0.1) is 14.2 Å². The monoisotopic (exact) mass is 165 g/mol. The van der Waals surface area contributed by atoms with Crippen LogP contribution in [0.15, 0.2) is 6.33 Å². The van der Waals surface area contributed by atoms with Crippen molar-refractivity contribution >= 4 is 0 Å². The lowest BCUT2D eigenvalue weighted by Crippen LogP contribution is -1.97. The number of aromatic nitrogens is 2. The number of hydrogen-bond donors (Lipinski definition) is 0. The molecule has 0 saturated heterocycles. The van der Waals surface area contributed by atoms with Gasteiger partial charge in [-0.05, 0) is 0 Å². The van der Waals surface area contributed by atoms with E-state index in [0.29, 0.717) is 0 Å². The van der Waals surface area contributed by atoms with Gasteiger partial charge in [0, 0.05) is 0 Å². The lowest BCUT2D eigenvalue weighted by molar-refractivity contribution is 0.369. The van der Waals surface area contributed by atoms with E-state index in [1.165, 1.54) is 20.5 Å². The Kier molecular flexibility index (Phi) is 2.43. The minimum atomic E-state index is 0.211. The molecule has 0 aromatic carbocycles. The third-order valence-electron chi connectivity index (χ3n) is 1.28. The number of hydrogen-bond acceptors (Lipinski definition) is 5. The Morgan fingerprint density at radius 2 is 1.75 bits per heavy atom. The Balaban J connectivity index is 3.25. The summed E-state index contributed by atoms with van der Waals surface area (Å²) < 4.78 is 9.65. The van der Waals surface area contributed by atoms with Crippen molar-refractivity contribution in [3.63, 3.8) is 0 Å². The van der Waals surface area contributed by atoms with Crippen LogP contribution in [0.4, 0.5) is 0 Å². The van der Waals surface area contributed by atoms with Crippen LogP contribution in [-0.2, 0) is 0 Å². The van der Waals surface area contributed by atoms with Gasteiger partial charge in [-0.2, -0.15) is 5.26 Å². The first-order valence-corrected chi connectivity index (χ1v) is 3.16. The van der Waals surface area contributed by atoms with Gasteiger partial charge < -0.3 is 9.47 Å². The summed E-state index contributed by atoms with van der Waals surface area (Å²) in [4.78, 5) is 7.48. The molecule has 1 aromatic heterocycles. The topological polar surface area (TPSA) is 68.0 Å². The highest BCUT2D eigenvalue weighted by Crippen LogP contribution is 2.21. The van der Waals surface area contributed by atoms with Gasteiger partial charge in [-0.3, -0.25) is 0 Å². The number of ether oxygens (including phenoxy) is 2. The molecule has 1 rings (SSSR count). The Morgan fingerprint density at radius 3 is 2.08 bits per heavy atom. The van der Waals surface area contributed by atoms with Crippen molar-refractivity contribution in [2.24, 2.45) is 0 Å². The molecule has 0 aliphatic heterocycles. The second kappa shape index (κ2) is 3.53. The first-order chi connectivity index (χ1) is 5.83. The molecule has 0 atom stereocenters. The largest absolute Gasteiger partial charge is 0.480 e. The average molecular weight is 165 g/mol. The molecule has 0 unspecified atom stereocenters. The summed E-state index contributed by atoms with van der Waals surface area (Å²) >= 11 is 0. The van der Waals surface area contributed by atoms with Crippen molar-refractivity contribution in [3.05, 3.63) is 11.9 Å². The molecule has 0 N–H and O–H groups in total. The molecule has 0 bridgehead atoms. The molecule has 5 heteroatoms. The van der Waals surface area contributed by atoms with Crippen molar-refractivity contribution in [2.75, 3.05) is 14.2 Å². The molecule has 62 valence electrons. The summed E-state index contributed by atoms with van der Waals surface area (Å²) in [6, 6.07) is 1.89. The smallest absolute Gasteiger partial charge is 0.238 e. The molecule has 0 saturated carbocycles. The van der Waals surface area contributed by atoms with E-state index in [4.69, 9.17) is 14.7 Å². The van der Waals surface area contributed by atoms with E-state index in [9.17, 15) is 0 Å². The third-order valence-corrected chi connectivity index (χ3v) is 1.28. The van der Waals surface area contributed by atoms with Crippen LogP contribution in [0.2, 0.25) is 0 Å². The molecular formula is C7H7N3O2. The quantitative estimate of drug-likeness (QED) is 0.633. The van der Waals surface area contributed by atoms with Gasteiger partial charge >= 0.3 is 0 Å². The fourth-order valence-corrected chi connectivity index (χ4v) is 0.759. The highest BCUT2D eigenvalue weighted by molar-refractivity contribution is 5.44. The fourth-order valence-electron chi connectivity index (χ4n) is 0.759. The second-order valence-electron chi connectivity index (χ2n) is 1.88. The minimum absolute atomic E-state index is 0.211. The number of nitriles is 1. The maximum Gasteiger partial charge on any atom is 0.238 e. The molecule has 0 radical (unpaired) electrons. The van der Waals surface area contributed by atoms with Crippen molar-refractivity contribution < 1.29 is 9.47 Å². The normalized spacial score (nSPS) is 8.75. The number of rotatable bonds is 2. The van der Waals surface area contributed by atoms with Gasteiger partial charge in [-0.15, -0.1) is 0 Å². The SMILES string of the molecule is COc1ncnc(OC)c1C#N. The van der Waals surface area contributed by atoms with E-state index in [1.54, 1.807) is 0 Å². The van der Waals surface area contributed by atoms with Gasteiger partial charge in [0.1, 0.15) is 12.4 Å². The molecule has 1 heterocycles. The van der Waals surface area contributed by atoms with Crippen LogP contribution in [0.3, 0.4) is 0 Å². The fraction of sp³-hybridized carbons (Fsp3) is 0.286. The van der Waals surface area contributed by atoms with E-state index in [1.807, 2.05) is 6.07 Å². The van der Waals surface area contributed by atoms with E-state index in [2.05, 4.69) is 9.97 Å². The summed E-state index contributed by atoms with van der Waals surface area (Å²) in [6.07, 6.45) is 1.28. The Labute approximate surface area is 69.6 Å². The molecule has 1 aromatic rings. The third kappa shape index (κ3) is 1.27. The average Bonchev–Trinajstić information content (AvgIpc) is 2.16. The van der Waals surface area contributed by atoms with Crippen LogP contribution in [0.5, 0.6) is 11.8 Å². The second-order valence-corrected chi connectivity index (χ2v) is 1.88.